The molecular formula is C26H30F2N2O. The summed E-state index contributed by atoms with van der Waals surface area (Å²) in [6.07, 6.45) is 5.75. The van der Waals surface area contributed by atoms with Crippen molar-refractivity contribution in [2.24, 2.45) is 0 Å². The molecule has 2 heterocycles. The van der Waals surface area contributed by atoms with E-state index in [0.717, 1.165) is 61.0 Å². The van der Waals surface area contributed by atoms with Crippen LogP contribution in [0.1, 0.15) is 56.6 Å². The lowest BCUT2D eigenvalue weighted by Gasteiger charge is -2.37. The van der Waals surface area contributed by atoms with Crippen LogP contribution in [0.4, 0.5) is 8.78 Å². The molecule has 4 rings (SSSR count). The van der Waals surface area contributed by atoms with Crippen molar-refractivity contribution in [1.29, 1.82) is 0 Å². The van der Waals surface area contributed by atoms with Crippen molar-refractivity contribution in [2.75, 3.05) is 19.6 Å². The van der Waals surface area contributed by atoms with Crippen LogP contribution in [0.2, 0.25) is 0 Å². The molecule has 1 amide bonds. The topological polar surface area (TPSA) is 23.6 Å². The molecule has 1 unspecified atom stereocenters. The lowest BCUT2D eigenvalue weighted by molar-refractivity contribution is -0.135. The monoisotopic (exact) mass is 424 g/mol. The SMILES string of the molecule is CCCC(=O)N1CC(=C(c2ccc(F)cc2)c2ccc(F)cc2)CC1N1CCCCC1. The molecule has 31 heavy (non-hydrogen) atoms. The quantitative estimate of drug-likeness (QED) is 0.623. The Labute approximate surface area is 183 Å². The van der Waals surface area contributed by atoms with E-state index < -0.39 is 0 Å². The van der Waals surface area contributed by atoms with E-state index in [1.807, 2.05) is 11.8 Å². The maximum Gasteiger partial charge on any atom is 0.224 e. The van der Waals surface area contributed by atoms with Crippen molar-refractivity contribution in [3.63, 3.8) is 0 Å². The molecule has 0 spiro atoms. The summed E-state index contributed by atoms with van der Waals surface area (Å²) in [7, 11) is 0. The van der Waals surface area contributed by atoms with Gasteiger partial charge in [0.25, 0.3) is 0 Å². The van der Waals surface area contributed by atoms with Crippen LogP contribution < -0.4 is 0 Å². The third kappa shape index (κ3) is 4.87. The fraction of sp³-hybridized carbons (Fsp3) is 0.423. The first-order chi connectivity index (χ1) is 15.1. The van der Waals surface area contributed by atoms with Crippen molar-refractivity contribution >= 4 is 11.5 Å². The van der Waals surface area contributed by atoms with E-state index in [0.29, 0.717) is 13.0 Å². The van der Waals surface area contributed by atoms with Crippen LogP contribution in [0.15, 0.2) is 54.1 Å². The fourth-order valence-corrected chi connectivity index (χ4v) is 4.85. The second kappa shape index (κ2) is 9.73. The maximum atomic E-state index is 13.6. The predicted molar refractivity (Wildman–Crippen MR) is 119 cm³/mol. The highest BCUT2D eigenvalue weighted by Gasteiger charge is 2.37. The Morgan fingerprint density at radius 3 is 1.97 bits per heavy atom. The molecule has 2 aliphatic heterocycles. The number of benzene rings is 2. The minimum absolute atomic E-state index is 0.0604. The normalized spacial score (nSPS) is 19.6. The Hall–Kier alpha value is -2.53. The number of hydrogen-bond donors (Lipinski definition) is 0. The zero-order chi connectivity index (χ0) is 21.8. The van der Waals surface area contributed by atoms with Gasteiger partial charge in [-0.1, -0.05) is 37.6 Å². The van der Waals surface area contributed by atoms with E-state index in [-0.39, 0.29) is 23.7 Å². The van der Waals surface area contributed by atoms with Gasteiger partial charge in [0.15, 0.2) is 0 Å². The summed E-state index contributed by atoms with van der Waals surface area (Å²) < 4.78 is 27.2. The molecule has 0 saturated carbocycles. The lowest BCUT2D eigenvalue weighted by Crippen LogP contribution is -2.49. The van der Waals surface area contributed by atoms with Gasteiger partial charge in [0, 0.05) is 32.5 Å². The predicted octanol–water partition coefficient (Wildman–Crippen LogP) is 5.61. The molecule has 0 N–H and O–H groups in total. The van der Waals surface area contributed by atoms with E-state index in [1.54, 1.807) is 24.3 Å². The zero-order valence-corrected chi connectivity index (χ0v) is 18.1. The smallest absolute Gasteiger partial charge is 0.224 e. The van der Waals surface area contributed by atoms with Gasteiger partial charge in [0.05, 0.1) is 6.17 Å². The van der Waals surface area contributed by atoms with Gasteiger partial charge < -0.3 is 4.90 Å². The van der Waals surface area contributed by atoms with Crippen molar-refractivity contribution in [3.8, 4) is 0 Å². The second-order valence-electron chi connectivity index (χ2n) is 8.55. The molecule has 2 fully saturated rings. The summed E-state index contributed by atoms with van der Waals surface area (Å²) in [6.45, 7) is 4.61. The third-order valence-electron chi connectivity index (χ3n) is 6.37. The minimum atomic E-state index is -0.287. The van der Waals surface area contributed by atoms with Gasteiger partial charge in [0.2, 0.25) is 5.91 Å². The summed E-state index contributed by atoms with van der Waals surface area (Å²) in [6, 6.07) is 12.9. The number of hydrogen-bond acceptors (Lipinski definition) is 2. The zero-order valence-electron chi connectivity index (χ0n) is 18.1. The number of halogens is 2. The molecule has 2 aromatic rings. The third-order valence-corrected chi connectivity index (χ3v) is 6.37. The van der Waals surface area contributed by atoms with Gasteiger partial charge >= 0.3 is 0 Å². The fourth-order valence-electron chi connectivity index (χ4n) is 4.85. The van der Waals surface area contributed by atoms with Crippen LogP contribution in [0.5, 0.6) is 0 Å². The molecular weight excluding hydrogens is 394 g/mol. The molecule has 0 bridgehead atoms. The molecule has 164 valence electrons. The standard InChI is InChI=1S/C26H30F2N2O/c1-2-6-25(31)30-18-21(17-24(30)29-15-4-3-5-16-29)26(19-7-11-22(27)12-8-19)20-9-13-23(28)14-10-20/h7-14,24H,2-6,15-18H2,1H3. The van der Waals surface area contributed by atoms with Crippen molar-refractivity contribution < 1.29 is 13.6 Å². The van der Waals surface area contributed by atoms with Gasteiger partial charge in [-0.2, -0.15) is 0 Å². The highest BCUT2D eigenvalue weighted by Crippen LogP contribution is 2.36. The van der Waals surface area contributed by atoms with E-state index in [2.05, 4.69) is 4.90 Å². The summed E-state index contributed by atoms with van der Waals surface area (Å²) in [5.74, 6) is -0.389. The largest absolute Gasteiger partial charge is 0.323 e. The molecule has 0 aromatic heterocycles. The number of amides is 1. The summed E-state index contributed by atoms with van der Waals surface area (Å²) in [5.41, 5.74) is 3.92. The average molecular weight is 425 g/mol. The Balaban J connectivity index is 1.77. The van der Waals surface area contributed by atoms with E-state index in [4.69, 9.17) is 0 Å². The summed E-state index contributed by atoms with van der Waals surface area (Å²) in [4.78, 5) is 17.5. The van der Waals surface area contributed by atoms with Crippen LogP contribution in [0, 0.1) is 11.6 Å². The summed E-state index contributed by atoms with van der Waals surface area (Å²) >= 11 is 0. The Morgan fingerprint density at radius 1 is 0.903 bits per heavy atom. The molecule has 2 aromatic carbocycles. The molecule has 0 aliphatic carbocycles. The van der Waals surface area contributed by atoms with Crippen LogP contribution in [0.3, 0.4) is 0 Å². The van der Waals surface area contributed by atoms with Crippen molar-refractivity contribution in [2.45, 2.75) is 51.6 Å². The van der Waals surface area contributed by atoms with Gasteiger partial charge in [-0.25, -0.2) is 8.78 Å². The first-order valence-corrected chi connectivity index (χ1v) is 11.3. The molecule has 1 atom stereocenters. The average Bonchev–Trinajstić information content (AvgIpc) is 3.22. The Morgan fingerprint density at radius 2 is 1.45 bits per heavy atom. The molecule has 3 nitrogen and oxygen atoms in total. The highest BCUT2D eigenvalue weighted by molar-refractivity contribution is 5.84. The van der Waals surface area contributed by atoms with Crippen LogP contribution in [-0.2, 0) is 4.79 Å². The van der Waals surface area contributed by atoms with E-state index >= 15 is 0 Å². The molecule has 0 radical (unpaired) electrons. The summed E-state index contributed by atoms with van der Waals surface area (Å²) in [5, 5.41) is 0. The van der Waals surface area contributed by atoms with Gasteiger partial charge in [-0.05, 0) is 65.8 Å². The van der Waals surface area contributed by atoms with Gasteiger partial charge in [0.1, 0.15) is 11.6 Å². The van der Waals surface area contributed by atoms with Crippen LogP contribution in [-0.4, -0.2) is 41.5 Å². The van der Waals surface area contributed by atoms with E-state index in [1.165, 1.54) is 30.7 Å². The molecule has 5 heteroatoms. The molecule has 2 saturated heterocycles. The number of nitrogens with zero attached hydrogens (tertiary/aromatic N) is 2. The molecule has 2 aliphatic rings. The maximum absolute atomic E-state index is 13.6. The van der Waals surface area contributed by atoms with Crippen LogP contribution in [0.25, 0.3) is 5.57 Å². The second-order valence-corrected chi connectivity index (χ2v) is 8.55. The first-order valence-electron chi connectivity index (χ1n) is 11.3. The first kappa shape index (κ1) is 21.7. The van der Waals surface area contributed by atoms with Gasteiger partial charge in [-0.15, -0.1) is 0 Å². The minimum Gasteiger partial charge on any atom is -0.323 e. The number of carbonyl (C=O) groups is 1. The number of piperidine rings is 1. The van der Waals surface area contributed by atoms with Gasteiger partial charge in [-0.3, -0.25) is 9.69 Å². The van der Waals surface area contributed by atoms with Crippen molar-refractivity contribution in [3.05, 3.63) is 76.9 Å². The number of likely N-dealkylation sites (tertiary alicyclic amines) is 2. The van der Waals surface area contributed by atoms with E-state index in [9.17, 15) is 13.6 Å². The van der Waals surface area contributed by atoms with Crippen LogP contribution >= 0.6 is 0 Å². The number of rotatable bonds is 5. The van der Waals surface area contributed by atoms with Crippen molar-refractivity contribution in [1.82, 2.24) is 9.80 Å². The Bertz CT molecular complexity index is 883. The number of carbonyl (C=O) groups excluding carboxylic acids is 1. The highest BCUT2D eigenvalue weighted by atomic mass is 19.1. The Kier molecular flexibility index (Phi) is 6.81. The lowest BCUT2D eigenvalue weighted by atomic mass is 9.92.